The highest BCUT2D eigenvalue weighted by Crippen LogP contribution is 2.43. The number of carboxylic acid groups (broad SMARTS) is 1. The maximum absolute atomic E-state index is 13.6. The summed E-state index contributed by atoms with van der Waals surface area (Å²) in [6.45, 7) is 0. The summed E-state index contributed by atoms with van der Waals surface area (Å²) in [4.78, 5) is 38.3. The van der Waals surface area contributed by atoms with Gasteiger partial charge in [-0.2, -0.15) is 13.2 Å². The molecule has 5 nitrogen and oxygen atoms in total. The number of halogens is 4. The molecule has 2 aliphatic rings. The zero-order valence-electron chi connectivity index (χ0n) is 16.2. The zero-order valence-corrected chi connectivity index (χ0v) is 18.6. The Morgan fingerprint density at radius 1 is 1.23 bits per heavy atom. The lowest BCUT2D eigenvalue weighted by atomic mass is 9.77. The van der Waals surface area contributed by atoms with Crippen LogP contribution in [0.25, 0.3) is 0 Å². The van der Waals surface area contributed by atoms with Crippen LogP contribution in [-0.4, -0.2) is 40.0 Å². The second-order valence-corrected chi connectivity index (χ2v) is 10.5. The predicted octanol–water partition coefficient (Wildman–Crippen LogP) is 5.03. The third-order valence-corrected chi connectivity index (χ3v) is 7.78. The van der Waals surface area contributed by atoms with E-state index in [0.29, 0.717) is 37.0 Å². The first kappa shape index (κ1) is 23.2. The van der Waals surface area contributed by atoms with Crippen LogP contribution in [0.3, 0.4) is 0 Å². The van der Waals surface area contributed by atoms with E-state index in [1.165, 1.54) is 11.3 Å². The summed E-state index contributed by atoms with van der Waals surface area (Å²) in [7, 11) is 0. The summed E-state index contributed by atoms with van der Waals surface area (Å²) in [5, 5.41) is 9.51. The van der Waals surface area contributed by atoms with E-state index >= 15 is 0 Å². The minimum Gasteiger partial charge on any atom is -0.480 e. The van der Waals surface area contributed by atoms with Crippen LogP contribution >= 0.6 is 27.3 Å². The smallest absolute Gasteiger partial charge is 0.392 e. The average molecular weight is 510 g/mol. The van der Waals surface area contributed by atoms with Crippen molar-refractivity contribution in [3.8, 4) is 0 Å². The van der Waals surface area contributed by atoms with Crippen LogP contribution in [0.2, 0.25) is 0 Å². The molecule has 0 spiro atoms. The van der Waals surface area contributed by atoms with Gasteiger partial charge in [-0.1, -0.05) is 19.3 Å². The monoisotopic (exact) mass is 509 g/mol. The van der Waals surface area contributed by atoms with E-state index < -0.39 is 54.2 Å². The third-order valence-electron chi connectivity index (χ3n) is 6.10. The number of carbonyl (C=O) groups is 3. The number of carbonyl (C=O) groups excluding carboxylic acids is 2. The average Bonchev–Trinajstić information content (AvgIpc) is 3.08. The van der Waals surface area contributed by atoms with Gasteiger partial charge in [0.15, 0.2) is 0 Å². The Morgan fingerprint density at radius 3 is 2.43 bits per heavy atom. The number of hydrogen-bond donors (Lipinski definition) is 1. The lowest BCUT2D eigenvalue weighted by Gasteiger charge is -2.44. The molecule has 3 atom stereocenters. The van der Waals surface area contributed by atoms with Gasteiger partial charge >= 0.3 is 12.1 Å². The van der Waals surface area contributed by atoms with E-state index in [2.05, 4.69) is 15.9 Å². The third kappa shape index (κ3) is 5.07. The number of β-lactam (4-membered cyclic amide) rings is 1. The van der Waals surface area contributed by atoms with Crippen molar-refractivity contribution >= 4 is 45.1 Å². The number of aryl methyl sites for hydroxylation is 1. The van der Waals surface area contributed by atoms with Crippen LogP contribution in [0.5, 0.6) is 0 Å². The Kier molecular flexibility index (Phi) is 7.27. The highest BCUT2D eigenvalue weighted by atomic mass is 79.9. The largest absolute Gasteiger partial charge is 0.480 e. The number of aliphatic carboxylic acids is 1. The van der Waals surface area contributed by atoms with Crippen molar-refractivity contribution in [3.63, 3.8) is 0 Å². The van der Waals surface area contributed by atoms with Crippen LogP contribution in [-0.2, 0) is 20.8 Å². The second-order valence-electron chi connectivity index (χ2n) is 7.99. The molecule has 0 aromatic carbocycles. The van der Waals surface area contributed by atoms with Crippen molar-refractivity contribution in [2.45, 2.75) is 63.6 Å². The summed E-state index contributed by atoms with van der Waals surface area (Å²) in [6, 6.07) is 2.30. The Morgan fingerprint density at radius 2 is 1.90 bits per heavy atom. The molecule has 1 aliphatic heterocycles. The molecule has 1 saturated heterocycles. The molecule has 166 valence electrons. The van der Waals surface area contributed by atoms with E-state index in [1.54, 1.807) is 0 Å². The van der Waals surface area contributed by atoms with Crippen molar-refractivity contribution in [2.75, 3.05) is 0 Å². The van der Waals surface area contributed by atoms with E-state index in [4.69, 9.17) is 0 Å². The van der Waals surface area contributed by atoms with Crippen molar-refractivity contribution in [3.05, 3.63) is 20.8 Å². The maximum Gasteiger partial charge on any atom is 0.392 e. The summed E-state index contributed by atoms with van der Waals surface area (Å²) >= 11 is 4.79. The predicted molar refractivity (Wildman–Crippen MR) is 108 cm³/mol. The maximum atomic E-state index is 13.6. The van der Waals surface area contributed by atoms with Gasteiger partial charge in [0, 0.05) is 11.3 Å². The number of carboxylic acids is 1. The summed E-state index contributed by atoms with van der Waals surface area (Å²) < 4.78 is 41.8. The molecule has 2 amide bonds. The first-order valence-electron chi connectivity index (χ1n) is 9.99. The lowest BCUT2D eigenvalue weighted by Crippen LogP contribution is -2.66. The molecular formula is C20H23BrF3NO4S. The van der Waals surface area contributed by atoms with Crippen LogP contribution < -0.4 is 0 Å². The van der Waals surface area contributed by atoms with Crippen molar-refractivity contribution < 1.29 is 32.7 Å². The summed E-state index contributed by atoms with van der Waals surface area (Å²) in [5.41, 5.74) is 0. The molecule has 1 aromatic rings. The summed E-state index contributed by atoms with van der Waals surface area (Å²) in [5.74, 6) is -6.47. The van der Waals surface area contributed by atoms with Crippen molar-refractivity contribution in [2.24, 2.45) is 17.8 Å². The minimum atomic E-state index is -4.56. The van der Waals surface area contributed by atoms with Crippen LogP contribution in [0.15, 0.2) is 15.9 Å². The number of alkyl halides is 3. The fraction of sp³-hybridized carbons (Fsp3) is 0.650. The number of thiophene rings is 1. The Bertz CT molecular complexity index is 806. The second kappa shape index (κ2) is 9.38. The molecule has 1 saturated carbocycles. The molecule has 1 aromatic heterocycles. The number of rotatable bonds is 7. The van der Waals surface area contributed by atoms with Gasteiger partial charge < -0.3 is 5.11 Å². The van der Waals surface area contributed by atoms with Crippen molar-refractivity contribution in [1.29, 1.82) is 0 Å². The Hall–Kier alpha value is -1.42. The van der Waals surface area contributed by atoms with Crippen LogP contribution in [0.4, 0.5) is 13.2 Å². The molecule has 0 bridgehead atoms. The molecule has 3 rings (SSSR count). The Balaban J connectivity index is 1.67. The molecule has 0 unspecified atom stereocenters. The van der Waals surface area contributed by atoms with Crippen LogP contribution in [0, 0.1) is 17.8 Å². The quantitative estimate of drug-likeness (QED) is 0.523. The number of nitrogens with zero attached hydrogens (tertiary/aromatic N) is 1. The minimum absolute atomic E-state index is 0.234. The van der Waals surface area contributed by atoms with Gasteiger partial charge in [0.25, 0.3) is 0 Å². The summed E-state index contributed by atoms with van der Waals surface area (Å²) in [6.07, 6.45) is -1.68. The molecule has 10 heteroatoms. The lowest BCUT2D eigenvalue weighted by molar-refractivity contribution is -0.200. The van der Waals surface area contributed by atoms with E-state index in [1.807, 2.05) is 12.1 Å². The van der Waals surface area contributed by atoms with E-state index in [0.717, 1.165) is 15.1 Å². The molecule has 1 aliphatic carbocycles. The van der Waals surface area contributed by atoms with Gasteiger partial charge in [-0.15, -0.1) is 11.3 Å². The normalized spacial score (nSPS) is 23.9. The fourth-order valence-electron chi connectivity index (χ4n) is 4.55. The zero-order chi connectivity index (χ0) is 22.1. The molecular weight excluding hydrogens is 487 g/mol. The standard InChI is InChI=1S/C20H23BrF3NO4S/c21-15-9-7-12(30-15)6-8-13-17(19(28)29)25(18(13)27)16(26)10-14(20(22,23)24)11-4-2-1-3-5-11/h7,9,11,13-14,17H,1-6,8,10H2,(H,28,29)/t13-,14+,17+/m1/s1. The molecule has 2 fully saturated rings. The number of likely N-dealkylation sites (tertiary alicyclic amines) is 1. The molecule has 0 radical (unpaired) electrons. The van der Waals surface area contributed by atoms with Gasteiger partial charge in [0.2, 0.25) is 11.8 Å². The van der Waals surface area contributed by atoms with E-state index in [-0.39, 0.29) is 6.42 Å². The molecule has 2 heterocycles. The van der Waals surface area contributed by atoms with Crippen molar-refractivity contribution in [1.82, 2.24) is 4.90 Å². The van der Waals surface area contributed by atoms with Gasteiger partial charge in [0.05, 0.1) is 15.6 Å². The Labute approximate surface area is 184 Å². The topological polar surface area (TPSA) is 74.7 Å². The van der Waals surface area contributed by atoms with Gasteiger partial charge in [-0.3, -0.25) is 14.5 Å². The highest BCUT2D eigenvalue weighted by Gasteiger charge is 2.56. The highest BCUT2D eigenvalue weighted by molar-refractivity contribution is 9.11. The molecule has 1 N–H and O–H groups in total. The van der Waals surface area contributed by atoms with E-state index in [9.17, 15) is 32.7 Å². The van der Waals surface area contributed by atoms with Gasteiger partial charge in [-0.05, 0) is 59.7 Å². The van der Waals surface area contributed by atoms with Crippen LogP contribution in [0.1, 0.15) is 49.8 Å². The van der Waals surface area contributed by atoms with Gasteiger partial charge in [-0.25, -0.2) is 4.79 Å². The number of imide groups is 1. The molecule has 30 heavy (non-hydrogen) atoms. The fourth-order valence-corrected chi connectivity index (χ4v) is 6.05. The number of hydrogen-bond acceptors (Lipinski definition) is 4. The van der Waals surface area contributed by atoms with Gasteiger partial charge in [0.1, 0.15) is 6.04 Å². The first-order chi connectivity index (χ1) is 14.1. The first-order valence-corrected chi connectivity index (χ1v) is 11.6. The SMILES string of the molecule is O=C(O)[C@@H]1[C@@H](CCc2ccc(Br)s2)C(=O)N1C(=O)C[C@@H](C1CCCCC1)C(F)(F)F. The number of amides is 2.